The van der Waals surface area contributed by atoms with E-state index in [1.165, 1.54) is 21.3 Å². The molecule has 6 heteroatoms. The van der Waals surface area contributed by atoms with E-state index in [1.54, 1.807) is 14.1 Å². The van der Waals surface area contributed by atoms with Crippen LogP contribution in [0.1, 0.15) is 26.6 Å². The van der Waals surface area contributed by atoms with Crippen molar-refractivity contribution in [3.8, 4) is 0 Å². The van der Waals surface area contributed by atoms with E-state index in [0.29, 0.717) is 11.0 Å². The zero-order valence-corrected chi connectivity index (χ0v) is 11.4. The van der Waals surface area contributed by atoms with Crippen molar-refractivity contribution in [2.45, 2.75) is 31.3 Å². The minimum absolute atomic E-state index is 0.169. The Balaban J connectivity index is 3.26. The molecule has 0 atom stereocenters. The molecule has 0 aromatic carbocycles. The maximum absolute atomic E-state index is 11.9. The van der Waals surface area contributed by atoms with Crippen LogP contribution in [0.25, 0.3) is 0 Å². The van der Waals surface area contributed by atoms with Crippen molar-refractivity contribution >= 4 is 17.8 Å². The van der Waals surface area contributed by atoms with Gasteiger partial charge in [0.1, 0.15) is 5.82 Å². The van der Waals surface area contributed by atoms with Crippen LogP contribution in [-0.4, -0.2) is 46.0 Å². The van der Waals surface area contributed by atoms with E-state index < -0.39 is 0 Å². The third-order valence-electron chi connectivity index (χ3n) is 2.00. The highest BCUT2D eigenvalue weighted by Crippen LogP contribution is 2.22. The van der Waals surface area contributed by atoms with Crippen molar-refractivity contribution in [3.05, 3.63) is 5.82 Å². The van der Waals surface area contributed by atoms with Gasteiger partial charge in [0.05, 0.1) is 0 Å². The maximum Gasteiger partial charge on any atom is 0.345 e. The summed E-state index contributed by atoms with van der Waals surface area (Å²) in [6.07, 6.45) is 1.90. The third kappa shape index (κ3) is 2.55. The molecule has 0 saturated heterocycles. The Morgan fingerprint density at radius 3 is 2.31 bits per heavy atom. The van der Waals surface area contributed by atoms with Crippen LogP contribution >= 0.6 is 11.8 Å². The quantitative estimate of drug-likeness (QED) is 0.705. The van der Waals surface area contributed by atoms with Crippen LogP contribution in [0, 0.1) is 0 Å². The zero-order chi connectivity index (χ0) is 12.5. The van der Waals surface area contributed by atoms with Crippen molar-refractivity contribution in [2.75, 3.05) is 20.4 Å². The fourth-order valence-electron chi connectivity index (χ4n) is 1.19. The van der Waals surface area contributed by atoms with Crippen LogP contribution in [0.2, 0.25) is 0 Å². The van der Waals surface area contributed by atoms with Crippen molar-refractivity contribution in [2.24, 2.45) is 0 Å². The number of aromatic nitrogens is 3. The van der Waals surface area contributed by atoms with E-state index in [4.69, 9.17) is 0 Å². The molecular weight excluding hydrogens is 224 g/mol. The van der Waals surface area contributed by atoms with E-state index in [2.05, 4.69) is 10.1 Å². The molecule has 0 saturated carbocycles. The summed E-state index contributed by atoms with van der Waals surface area (Å²) in [6, 6.07) is -0.169. The second-order valence-electron chi connectivity index (χ2n) is 4.76. The van der Waals surface area contributed by atoms with Crippen molar-refractivity contribution in [1.29, 1.82) is 0 Å². The molecule has 0 radical (unpaired) electrons. The molecule has 0 N–H and O–H groups in total. The van der Waals surface area contributed by atoms with Gasteiger partial charge < -0.3 is 4.90 Å². The summed E-state index contributed by atoms with van der Waals surface area (Å²) in [5.41, 5.74) is -0.202. The number of amides is 1. The number of hydrogen-bond donors (Lipinski definition) is 0. The molecule has 0 fully saturated rings. The molecule has 1 aromatic rings. The van der Waals surface area contributed by atoms with Crippen LogP contribution in [0.3, 0.4) is 0 Å². The Labute approximate surface area is 100 Å². The molecule has 16 heavy (non-hydrogen) atoms. The van der Waals surface area contributed by atoms with Gasteiger partial charge in [0.15, 0.2) is 0 Å². The lowest BCUT2D eigenvalue weighted by atomic mass is 9.96. The smallest absolute Gasteiger partial charge is 0.329 e. The fourth-order valence-corrected chi connectivity index (χ4v) is 1.53. The lowest BCUT2D eigenvalue weighted by molar-refractivity contribution is 0.213. The van der Waals surface area contributed by atoms with E-state index in [1.807, 2.05) is 27.0 Å². The Kier molecular flexibility index (Phi) is 3.62. The van der Waals surface area contributed by atoms with Gasteiger partial charge in [-0.1, -0.05) is 32.5 Å². The van der Waals surface area contributed by atoms with Gasteiger partial charge in [-0.05, 0) is 6.26 Å². The Morgan fingerprint density at radius 1 is 1.38 bits per heavy atom. The summed E-state index contributed by atoms with van der Waals surface area (Å²) >= 11 is 1.44. The highest BCUT2D eigenvalue weighted by molar-refractivity contribution is 7.98. The van der Waals surface area contributed by atoms with Gasteiger partial charge in [-0.2, -0.15) is 4.68 Å². The first-order chi connectivity index (χ1) is 7.27. The molecule has 0 spiro atoms. The second-order valence-corrected chi connectivity index (χ2v) is 5.53. The van der Waals surface area contributed by atoms with Crippen molar-refractivity contribution in [1.82, 2.24) is 19.7 Å². The van der Waals surface area contributed by atoms with Crippen LogP contribution in [0.5, 0.6) is 0 Å². The summed E-state index contributed by atoms with van der Waals surface area (Å²) in [5.74, 6) is 0.690. The van der Waals surface area contributed by atoms with E-state index in [-0.39, 0.29) is 11.4 Å². The van der Waals surface area contributed by atoms with Crippen LogP contribution in [0.15, 0.2) is 5.16 Å². The Bertz CT molecular complexity index is 392. The van der Waals surface area contributed by atoms with Gasteiger partial charge in [-0.15, -0.1) is 5.10 Å². The average molecular weight is 242 g/mol. The molecule has 5 nitrogen and oxygen atoms in total. The van der Waals surface area contributed by atoms with Gasteiger partial charge in [0.2, 0.25) is 5.16 Å². The first-order valence-corrected chi connectivity index (χ1v) is 6.23. The van der Waals surface area contributed by atoms with Gasteiger partial charge in [-0.25, -0.2) is 9.78 Å². The second kappa shape index (κ2) is 4.45. The summed E-state index contributed by atoms with van der Waals surface area (Å²) in [6.45, 7) is 6.04. The number of nitrogens with zero attached hydrogens (tertiary/aromatic N) is 4. The lowest BCUT2D eigenvalue weighted by Crippen LogP contribution is -2.32. The average Bonchev–Trinajstić information content (AvgIpc) is 2.59. The monoisotopic (exact) mass is 242 g/mol. The maximum atomic E-state index is 11.9. The summed E-state index contributed by atoms with van der Waals surface area (Å²) in [4.78, 5) is 17.8. The normalized spacial score (nSPS) is 11.6. The molecule has 0 aliphatic heterocycles. The number of carbonyl (C=O) groups is 1. The zero-order valence-electron chi connectivity index (χ0n) is 10.6. The number of hydrogen-bond acceptors (Lipinski definition) is 4. The fraction of sp³-hybridized carbons (Fsp3) is 0.700. The molecular formula is C10H18N4OS. The van der Waals surface area contributed by atoms with Gasteiger partial charge in [-0.3, -0.25) is 0 Å². The van der Waals surface area contributed by atoms with E-state index in [0.717, 1.165) is 0 Å². The molecule has 0 aliphatic rings. The topological polar surface area (TPSA) is 51.0 Å². The van der Waals surface area contributed by atoms with Crippen molar-refractivity contribution in [3.63, 3.8) is 0 Å². The molecule has 1 rings (SSSR count). The Hall–Kier alpha value is -1.04. The van der Waals surface area contributed by atoms with Crippen LogP contribution in [-0.2, 0) is 5.41 Å². The molecule has 1 aromatic heterocycles. The lowest BCUT2D eigenvalue weighted by Gasteiger charge is -2.19. The van der Waals surface area contributed by atoms with Gasteiger partial charge in [0.25, 0.3) is 0 Å². The molecule has 1 amide bonds. The largest absolute Gasteiger partial charge is 0.345 e. The number of thioether (sulfide) groups is 1. The molecule has 0 bridgehead atoms. The predicted molar refractivity (Wildman–Crippen MR) is 65.0 cm³/mol. The summed E-state index contributed by atoms with van der Waals surface area (Å²) in [7, 11) is 3.41. The third-order valence-corrected chi connectivity index (χ3v) is 2.54. The Morgan fingerprint density at radius 2 is 1.94 bits per heavy atom. The number of rotatable bonds is 1. The minimum atomic E-state index is -0.202. The summed E-state index contributed by atoms with van der Waals surface area (Å²) in [5, 5.41) is 4.82. The van der Waals surface area contributed by atoms with Crippen molar-refractivity contribution < 1.29 is 4.79 Å². The van der Waals surface area contributed by atoms with E-state index >= 15 is 0 Å². The highest BCUT2D eigenvalue weighted by Gasteiger charge is 2.26. The molecule has 90 valence electrons. The van der Waals surface area contributed by atoms with Crippen LogP contribution < -0.4 is 0 Å². The van der Waals surface area contributed by atoms with E-state index in [9.17, 15) is 4.79 Å². The van der Waals surface area contributed by atoms with Crippen LogP contribution in [0.4, 0.5) is 4.79 Å². The summed E-state index contributed by atoms with van der Waals surface area (Å²) < 4.78 is 1.38. The first-order valence-electron chi connectivity index (χ1n) is 5.00. The predicted octanol–water partition coefficient (Wildman–Crippen LogP) is 1.83. The standard InChI is InChI=1S/C10H18N4OS/c1-10(2,3)7-11-8(16-6)12-14(7)9(15)13(4)5/h1-6H3. The molecule has 1 heterocycles. The van der Waals surface area contributed by atoms with Gasteiger partial charge in [0, 0.05) is 19.5 Å². The molecule has 0 aliphatic carbocycles. The minimum Gasteiger partial charge on any atom is -0.329 e. The SMILES string of the molecule is CSc1nc(C(C)(C)C)n(C(=O)N(C)C)n1. The number of carbonyl (C=O) groups excluding carboxylic acids is 1. The molecule has 0 unspecified atom stereocenters. The van der Waals surface area contributed by atoms with Gasteiger partial charge >= 0.3 is 6.03 Å². The first kappa shape index (κ1) is 13.0. The highest BCUT2D eigenvalue weighted by atomic mass is 32.2.